The molecule has 0 unspecified atom stereocenters. The predicted molar refractivity (Wildman–Crippen MR) is 122 cm³/mol. The second-order valence-corrected chi connectivity index (χ2v) is 8.35. The molecule has 0 bridgehead atoms. The number of benzene rings is 2. The summed E-state index contributed by atoms with van der Waals surface area (Å²) in [6.45, 7) is 9.81. The average Bonchev–Trinajstić information content (AvgIpc) is 2.74. The second-order valence-electron chi connectivity index (χ2n) is 8.35. The molecule has 0 spiro atoms. The fourth-order valence-electron chi connectivity index (χ4n) is 4.18. The van der Waals surface area contributed by atoms with Crippen LogP contribution in [0.15, 0.2) is 60.8 Å². The third-order valence-corrected chi connectivity index (χ3v) is 6.19. The Bertz CT molecular complexity index is 934. The molecule has 1 aliphatic rings. The van der Waals surface area contributed by atoms with Gasteiger partial charge in [-0.25, -0.2) is 0 Å². The summed E-state index contributed by atoms with van der Waals surface area (Å²) in [5, 5.41) is 3.67. The van der Waals surface area contributed by atoms with Crippen molar-refractivity contribution in [3.05, 3.63) is 83.0 Å². The Morgan fingerprint density at radius 1 is 0.931 bits per heavy atom. The van der Waals surface area contributed by atoms with Gasteiger partial charge in [0.1, 0.15) is 0 Å². The van der Waals surface area contributed by atoms with Crippen LogP contribution in [0.3, 0.4) is 0 Å². The molecule has 0 radical (unpaired) electrons. The first kappa shape index (κ1) is 19.7. The van der Waals surface area contributed by atoms with Gasteiger partial charge in [-0.05, 0) is 92.3 Å². The summed E-state index contributed by atoms with van der Waals surface area (Å²) < 4.78 is 0. The van der Waals surface area contributed by atoms with Crippen LogP contribution in [0.5, 0.6) is 0 Å². The van der Waals surface area contributed by atoms with E-state index in [0.717, 1.165) is 25.3 Å². The lowest BCUT2D eigenvalue weighted by Gasteiger charge is -2.33. The topological polar surface area (TPSA) is 28.2 Å². The van der Waals surface area contributed by atoms with Crippen molar-refractivity contribution in [3.63, 3.8) is 0 Å². The standard InChI is InChI=1S/C26H31N3/c1-19-15-23(16-20(2)21(19)3)26-17-22(9-12-27-26)18-29-13-10-25(11-14-29)28-24-7-5-4-6-8-24/h4-9,12,15-17,25,28H,10-11,13-14,18H2,1-3H3. The summed E-state index contributed by atoms with van der Waals surface area (Å²) in [6, 6.07) is 20.1. The predicted octanol–water partition coefficient (Wildman–Crippen LogP) is 5.75. The van der Waals surface area contributed by atoms with E-state index in [1.165, 1.54) is 46.3 Å². The van der Waals surface area contributed by atoms with Gasteiger partial charge in [0, 0.05) is 43.1 Å². The summed E-state index contributed by atoms with van der Waals surface area (Å²) in [5.41, 5.74) is 8.92. The molecule has 2 aromatic carbocycles. The zero-order chi connectivity index (χ0) is 20.2. The Balaban J connectivity index is 1.38. The van der Waals surface area contributed by atoms with Gasteiger partial charge in [0.05, 0.1) is 5.69 Å². The van der Waals surface area contributed by atoms with Crippen LogP contribution >= 0.6 is 0 Å². The molecule has 1 aliphatic heterocycles. The first-order valence-electron chi connectivity index (χ1n) is 10.7. The van der Waals surface area contributed by atoms with E-state index in [9.17, 15) is 0 Å². The zero-order valence-corrected chi connectivity index (χ0v) is 17.8. The van der Waals surface area contributed by atoms with Crippen LogP contribution in [-0.4, -0.2) is 29.0 Å². The van der Waals surface area contributed by atoms with E-state index < -0.39 is 0 Å². The van der Waals surface area contributed by atoms with Crippen molar-refractivity contribution in [1.82, 2.24) is 9.88 Å². The van der Waals surface area contributed by atoms with Gasteiger partial charge >= 0.3 is 0 Å². The Kier molecular flexibility index (Phi) is 5.96. The molecule has 1 saturated heterocycles. The van der Waals surface area contributed by atoms with Crippen molar-refractivity contribution >= 4 is 5.69 Å². The summed E-state index contributed by atoms with van der Waals surface area (Å²) in [7, 11) is 0. The third kappa shape index (κ3) is 4.86. The van der Waals surface area contributed by atoms with E-state index in [2.05, 4.69) is 90.6 Å². The maximum absolute atomic E-state index is 4.65. The van der Waals surface area contributed by atoms with Gasteiger partial charge in [-0.15, -0.1) is 0 Å². The number of nitrogens with zero attached hydrogens (tertiary/aromatic N) is 2. The van der Waals surface area contributed by atoms with E-state index in [1.807, 2.05) is 6.20 Å². The maximum Gasteiger partial charge on any atom is 0.0705 e. The highest BCUT2D eigenvalue weighted by Gasteiger charge is 2.19. The molecule has 4 rings (SSSR count). The fraction of sp³-hybridized carbons (Fsp3) is 0.346. The van der Waals surface area contributed by atoms with Crippen molar-refractivity contribution in [3.8, 4) is 11.3 Å². The minimum atomic E-state index is 0.570. The minimum absolute atomic E-state index is 0.570. The number of hydrogen-bond acceptors (Lipinski definition) is 3. The van der Waals surface area contributed by atoms with Gasteiger partial charge in [-0.1, -0.05) is 18.2 Å². The first-order valence-corrected chi connectivity index (χ1v) is 10.7. The lowest BCUT2D eigenvalue weighted by Crippen LogP contribution is -2.38. The highest BCUT2D eigenvalue weighted by atomic mass is 15.1. The van der Waals surface area contributed by atoms with Crippen LogP contribution in [0.25, 0.3) is 11.3 Å². The molecular formula is C26H31N3. The van der Waals surface area contributed by atoms with Gasteiger partial charge < -0.3 is 5.32 Å². The summed E-state index contributed by atoms with van der Waals surface area (Å²) in [4.78, 5) is 7.21. The van der Waals surface area contributed by atoms with E-state index >= 15 is 0 Å². The maximum atomic E-state index is 4.65. The van der Waals surface area contributed by atoms with Gasteiger partial charge in [0.25, 0.3) is 0 Å². The number of piperidine rings is 1. The molecule has 0 saturated carbocycles. The molecule has 2 heterocycles. The molecule has 3 nitrogen and oxygen atoms in total. The van der Waals surface area contributed by atoms with Crippen LogP contribution in [0.1, 0.15) is 35.1 Å². The SMILES string of the molecule is Cc1cc(-c2cc(CN3CCC(Nc4ccccc4)CC3)ccn2)cc(C)c1C. The number of rotatable bonds is 5. The van der Waals surface area contributed by atoms with Gasteiger partial charge in [-0.3, -0.25) is 9.88 Å². The Hall–Kier alpha value is -2.65. The fourth-order valence-corrected chi connectivity index (χ4v) is 4.18. The van der Waals surface area contributed by atoms with E-state index in [4.69, 9.17) is 0 Å². The molecule has 29 heavy (non-hydrogen) atoms. The summed E-state index contributed by atoms with van der Waals surface area (Å²) in [6.07, 6.45) is 4.32. The number of anilines is 1. The van der Waals surface area contributed by atoms with Crippen LogP contribution in [0.2, 0.25) is 0 Å². The zero-order valence-electron chi connectivity index (χ0n) is 17.8. The van der Waals surface area contributed by atoms with Crippen LogP contribution in [0, 0.1) is 20.8 Å². The van der Waals surface area contributed by atoms with Crippen molar-refractivity contribution in [2.45, 2.75) is 46.2 Å². The van der Waals surface area contributed by atoms with E-state index in [0.29, 0.717) is 6.04 Å². The number of hydrogen-bond donors (Lipinski definition) is 1. The minimum Gasteiger partial charge on any atom is -0.382 e. The number of pyridine rings is 1. The highest BCUT2D eigenvalue weighted by molar-refractivity contribution is 5.63. The van der Waals surface area contributed by atoms with Crippen molar-refractivity contribution in [2.24, 2.45) is 0 Å². The summed E-state index contributed by atoms with van der Waals surface area (Å²) >= 11 is 0. The molecule has 1 aromatic heterocycles. The number of aromatic nitrogens is 1. The number of likely N-dealkylation sites (tertiary alicyclic amines) is 1. The Morgan fingerprint density at radius 3 is 2.31 bits per heavy atom. The molecule has 1 fully saturated rings. The highest BCUT2D eigenvalue weighted by Crippen LogP contribution is 2.25. The molecule has 1 N–H and O–H groups in total. The quantitative estimate of drug-likeness (QED) is 0.606. The van der Waals surface area contributed by atoms with E-state index in [-0.39, 0.29) is 0 Å². The monoisotopic (exact) mass is 385 g/mol. The molecule has 0 atom stereocenters. The van der Waals surface area contributed by atoms with Gasteiger partial charge in [0.15, 0.2) is 0 Å². The van der Waals surface area contributed by atoms with Crippen LogP contribution < -0.4 is 5.32 Å². The Labute approximate surface area is 174 Å². The lowest BCUT2D eigenvalue weighted by molar-refractivity contribution is 0.211. The lowest BCUT2D eigenvalue weighted by atomic mass is 9.98. The number of nitrogens with one attached hydrogen (secondary N) is 1. The number of aryl methyl sites for hydroxylation is 2. The average molecular weight is 386 g/mol. The van der Waals surface area contributed by atoms with Crippen LogP contribution in [0.4, 0.5) is 5.69 Å². The molecule has 0 amide bonds. The van der Waals surface area contributed by atoms with Crippen molar-refractivity contribution < 1.29 is 0 Å². The van der Waals surface area contributed by atoms with E-state index in [1.54, 1.807) is 0 Å². The molecule has 150 valence electrons. The second kappa shape index (κ2) is 8.79. The normalized spacial score (nSPS) is 15.4. The van der Waals surface area contributed by atoms with Gasteiger partial charge in [-0.2, -0.15) is 0 Å². The molecular weight excluding hydrogens is 354 g/mol. The van der Waals surface area contributed by atoms with Crippen molar-refractivity contribution in [1.29, 1.82) is 0 Å². The van der Waals surface area contributed by atoms with Crippen LogP contribution in [-0.2, 0) is 6.54 Å². The summed E-state index contributed by atoms with van der Waals surface area (Å²) in [5.74, 6) is 0. The third-order valence-electron chi connectivity index (χ3n) is 6.19. The Morgan fingerprint density at radius 2 is 1.62 bits per heavy atom. The van der Waals surface area contributed by atoms with Gasteiger partial charge in [0.2, 0.25) is 0 Å². The molecule has 3 aromatic rings. The largest absolute Gasteiger partial charge is 0.382 e. The number of para-hydroxylation sites is 1. The molecule has 3 heteroatoms. The first-order chi connectivity index (χ1) is 14.1. The smallest absolute Gasteiger partial charge is 0.0705 e. The van der Waals surface area contributed by atoms with Crippen molar-refractivity contribution in [2.75, 3.05) is 18.4 Å². The molecule has 0 aliphatic carbocycles.